The highest BCUT2D eigenvalue weighted by Crippen LogP contribution is 2.26. The summed E-state index contributed by atoms with van der Waals surface area (Å²) >= 11 is 0. The predicted octanol–water partition coefficient (Wildman–Crippen LogP) is 3.64. The number of nitrogens with zero attached hydrogens (tertiary/aromatic N) is 1. The number of hydrogen-bond donors (Lipinski definition) is 1. The highest BCUT2D eigenvalue weighted by molar-refractivity contribution is 5.22. The summed E-state index contributed by atoms with van der Waals surface area (Å²) < 4.78 is 36.4. The summed E-state index contributed by atoms with van der Waals surface area (Å²) in [5.74, 6) is 0. The predicted molar refractivity (Wildman–Crippen MR) is 65.3 cm³/mol. The van der Waals surface area contributed by atoms with Crippen molar-refractivity contribution in [1.82, 2.24) is 10.3 Å². The second-order valence-electron chi connectivity index (χ2n) is 4.25. The van der Waals surface area contributed by atoms with Crippen molar-refractivity contribution >= 4 is 0 Å². The molecule has 0 radical (unpaired) electrons. The van der Waals surface area contributed by atoms with Gasteiger partial charge in [0.2, 0.25) is 0 Å². The van der Waals surface area contributed by atoms with E-state index in [1.807, 2.05) is 19.1 Å². The van der Waals surface area contributed by atoms with Crippen molar-refractivity contribution in [3.05, 3.63) is 29.6 Å². The highest BCUT2D eigenvalue weighted by atomic mass is 19.4. The molecular formula is C13H19F3N2. The summed E-state index contributed by atoms with van der Waals surface area (Å²) in [5, 5.41) is 3.05. The lowest BCUT2D eigenvalue weighted by molar-refractivity contribution is -0.135. The van der Waals surface area contributed by atoms with Crippen molar-refractivity contribution in [2.75, 3.05) is 7.05 Å². The van der Waals surface area contributed by atoms with E-state index in [9.17, 15) is 13.2 Å². The molecule has 0 amide bonds. The standard InChI is InChI=1S/C13H19F3N2/c1-3-10-6-5-9-18-12(10)11(17-2)7-4-8-13(14,15)16/h5-6,9,11,17H,3-4,7-8H2,1-2H3. The normalized spacial score (nSPS) is 13.6. The smallest absolute Gasteiger partial charge is 0.312 e. The molecule has 1 heterocycles. The Bertz CT molecular complexity index is 363. The van der Waals surface area contributed by atoms with E-state index in [0.29, 0.717) is 6.42 Å². The molecule has 0 aliphatic rings. The van der Waals surface area contributed by atoms with Crippen LogP contribution in [0.25, 0.3) is 0 Å². The molecule has 1 atom stereocenters. The van der Waals surface area contributed by atoms with Crippen LogP contribution in [0, 0.1) is 0 Å². The van der Waals surface area contributed by atoms with Crippen LogP contribution in [0.4, 0.5) is 13.2 Å². The van der Waals surface area contributed by atoms with Gasteiger partial charge in [0.15, 0.2) is 0 Å². The Balaban J connectivity index is 2.65. The van der Waals surface area contributed by atoms with Crippen molar-refractivity contribution in [2.24, 2.45) is 0 Å². The topological polar surface area (TPSA) is 24.9 Å². The van der Waals surface area contributed by atoms with Crippen molar-refractivity contribution in [3.8, 4) is 0 Å². The first-order chi connectivity index (χ1) is 8.48. The van der Waals surface area contributed by atoms with E-state index in [2.05, 4.69) is 10.3 Å². The number of hydrogen-bond acceptors (Lipinski definition) is 2. The lowest BCUT2D eigenvalue weighted by Gasteiger charge is -2.18. The quantitative estimate of drug-likeness (QED) is 0.844. The highest BCUT2D eigenvalue weighted by Gasteiger charge is 2.27. The Hall–Kier alpha value is -1.10. The first-order valence-electron chi connectivity index (χ1n) is 6.15. The van der Waals surface area contributed by atoms with Gasteiger partial charge in [0.25, 0.3) is 0 Å². The van der Waals surface area contributed by atoms with E-state index in [1.54, 1.807) is 13.2 Å². The van der Waals surface area contributed by atoms with Crippen LogP contribution in [0.2, 0.25) is 0 Å². The Morgan fingerprint density at radius 3 is 2.67 bits per heavy atom. The van der Waals surface area contributed by atoms with Crippen LogP contribution >= 0.6 is 0 Å². The molecule has 0 aliphatic heterocycles. The molecule has 2 nitrogen and oxygen atoms in total. The summed E-state index contributed by atoms with van der Waals surface area (Å²) in [5.41, 5.74) is 1.95. The van der Waals surface area contributed by atoms with E-state index >= 15 is 0 Å². The van der Waals surface area contributed by atoms with E-state index in [1.165, 1.54) is 0 Å². The fourth-order valence-electron chi connectivity index (χ4n) is 1.99. The third kappa shape index (κ3) is 4.64. The van der Waals surface area contributed by atoms with Gasteiger partial charge in [0, 0.05) is 18.7 Å². The molecular weight excluding hydrogens is 241 g/mol. The third-order valence-electron chi connectivity index (χ3n) is 2.94. The number of alkyl halides is 3. The Morgan fingerprint density at radius 1 is 1.39 bits per heavy atom. The minimum Gasteiger partial charge on any atom is -0.312 e. The minimum absolute atomic E-state index is 0.108. The van der Waals surface area contributed by atoms with Crippen LogP contribution in [0.15, 0.2) is 18.3 Å². The number of rotatable bonds is 6. The zero-order chi connectivity index (χ0) is 13.6. The van der Waals surface area contributed by atoms with Gasteiger partial charge in [0.05, 0.1) is 5.69 Å². The molecule has 1 rings (SSSR count). The average Bonchev–Trinajstić information content (AvgIpc) is 2.33. The van der Waals surface area contributed by atoms with Crippen LogP contribution < -0.4 is 5.32 Å². The molecule has 0 spiro atoms. The number of aromatic nitrogens is 1. The molecule has 0 fully saturated rings. The maximum atomic E-state index is 12.1. The van der Waals surface area contributed by atoms with Crippen molar-refractivity contribution in [3.63, 3.8) is 0 Å². The lowest BCUT2D eigenvalue weighted by Crippen LogP contribution is -2.20. The van der Waals surface area contributed by atoms with Crippen LogP contribution in [0.3, 0.4) is 0 Å². The summed E-state index contributed by atoms with van der Waals surface area (Å²) in [6, 6.07) is 3.71. The molecule has 1 aromatic heterocycles. The largest absolute Gasteiger partial charge is 0.389 e. The molecule has 0 aromatic carbocycles. The van der Waals surface area contributed by atoms with E-state index in [4.69, 9.17) is 0 Å². The Labute approximate surface area is 106 Å². The molecule has 0 saturated heterocycles. The van der Waals surface area contributed by atoms with Gasteiger partial charge in [-0.15, -0.1) is 0 Å². The molecule has 0 aliphatic carbocycles. The van der Waals surface area contributed by atoms with Gasteiger partial charge in [-0.05, 0) is 37.9 Å². The monoisotopic (exact) mass is 260 g/mol. The van der Waals surface area contributed by atoms with Crippen LogP contribution in [-0.2, 0) is 6.42 Å². The molecule has 18 heavy (non-hydrogen) atoms. The zero-order valence-electron chi connectivity index (χ0n) is 10.7. The summed E-state index contributed by atoms with van der Waals surface area (Å²) in [6.07, 6.45) is -1.73. The minimum atomic E-state index is -4.07. The average molecular weight is 260 g/mol. The number of pyridine rings is 1. The Morgan fingerprint density at radius 2 is 2.11 bits per heavy atom. The van der Waals surface area contributed by atoms with Gasteiger partial charge >= 0.3 is 6.18 Å². The SMILES string of the molecule is CCc1cccnc1C(CCCC(F)(F)F)NC. The fourth-order valence-corrected chi connectivity index (χ4v) is 1.99. The summed E-state index contributed by atoms with van der Waals surface area (Å²) in [7, 11) is 1.76. The van der Waals surface area contributed by atoms with Crippen LogP contribution in [0.1, 0.15) is 43.5 Å². The van der Waals surface area contributed by atoms with Crippen molar-refractivity contribution in [2.45, 2.75) is 44.8 Å². The van der Waals surface area contributed by atoms with Gasteiger partial charge in [-0.25, -0.2) is 0 Å². The molecule has 1 aromatic rings. The molecule has 1 unspecified atom stereocenters. The van der Waals surface area contributed by atoms with Gasteiger partial charge in [0.1, 0.15) is 0 Å². The third-order valence-corrected chi connectivity index (χ3v) is 2.94. The molecule has 102 valence electrons. The summed E-state index contributed by atoms with van der Waals surface area (Å²) in [6.45, 7) is 2.02. The number of aryl methyl sites for hydroxylation is 1. The van der Waals surface area contributed by atoms with Crippen LogP contribution in [0.5, 0.6) is 0 Å². The van der Waals surface area contributed by atoms with Gasteiger partial charge in [-0.3, -0.25) is 4.98 Å². The molecule has 1 N–H and O–H groups in total. The summed E-state index contributed by atoms with van der Waals surface area (Å²) in [4.78, 5) is 4.29. The second-order valence-corrected chi connectivity index (χ2v) is 4.25. The molecule has 0 saturated carbocycles. The van der Waals surface area contributed by atoms with Gasteiger partial charge in [-0.1, -0.05) is 13.0 Å². The number of halogens is 3. The Kier molecular flexibility index (Phi) is 5.59. The van der Waals surface area contributed by atoms with E-state index in [0.717, 1.165) is 17.7 Å². The van der Waals surface area contributed by atoms with E-state index < -0.39 is 12.6 Å². The van der Waals surface area contributed by atoms with Gasteiger partial charge in [-0.2, -0.15) is 13.2 Å². The number of nitrogens with one attached hydrogen (secondary N) is 1. The molecule has 5 heteroatoms. The second kappa shape index (κ2) is 6.73. The first-order valence-corrected chi connectivity index (χ1v) is 6.15. The van der Waals surface area contributed by atoms with Crippen molar-refractivity contribution < 1.29 is 13.2 Å². The fraction of sp³-hybridized carbons (Fsp3) is 0.615. The van der Waals surface area contributed by atoms with Crippen LogP contribution in [-0.4, -0.2) is 18.2 Å². The first kappa shape index (κ1) is 15.0. The van der Waals surface area contributed by atoms with E-state index in [-0.39, 0.29) is 12.5 Å². The zero-order valence-corrected chi connectivity index (χ0v) is 10.7. The lowest BCUT2D eigenvalue weighted by atomic mass is 10.0. The molecule has 0 bridgehead atoms. The maximum absolute atomic E-state index is 12.1. The maximum Gasteiger partial charge on any atom is 0.389 e. The van der Waals surface area contributed by atoms with Crippen molar-refractivity contribution in [1.29, 1.82) is 0 Å². The van der Waals surface area contributed by atoms with Gasteiger partial charge < -0.3 is 5.32 Å².